The van der Waals surface area contributed by atoms with E-state index in [1.54, 1.807) is 19.2 Å². The number of phosphoric ester groups is 1. The summed E-state index contributed by atoms with van der Waals surface area (Å²) in [6, 6.07) is 14.1. The summed E-state index contributed by atoms with van der Waals surface area (Å²) in [6.45, 7) is 2.58. The highest BCUT2D eigenvalue weighted by atomic mass is 31.2. The molecule has 0 spiro atoms. The van der Waals surface area contributed by atoms with Crippen LogP contribution in [0.1, 0.15) is 13.3 Å². The molecule has 0 heterocycles. The largest absolute Gasteiger partial charge is 0.524 e. The molecule has 0 saturated carbocycles. The summed E-state index contributed by atoms with van der Waals surface area (Å²) in [6.07, 6.45) is 0.984. The van der Waals surface area contributed by atoms with Gasteiger partial charge in [-0.2, -0.15) is 0 Å². The Morgan fingerprint density at radius 1 is 0.958 bits per heavy atom. The van der Waals surface area contributed by atoms with E-state index in [1.807, 2.05) is 31.2 Å². The van der Waals surface area contributed by atoms with Crippen molar-refractivity contribution in [2.75, 3.05) is 13.7 Å². The van der Waals surface area contributed by atoms with Gasteiger partial charge in [0.05, 0.1) is 12.7 Å². The molecule has 0 amide bonds. The van der Waals surface area contributed by atoms with E-state index < -0.39 is 7.82 Å². The molecule has 24 heavy (non-hydrogen) atoms. The molecule has 0 aliphatic rings. The molecule has 6 nitrogen and oxygen atoms in total. The van der Waals surface area contributed by atoms with Crippen molar-refractivity contribution < 1.29 is 28.3 Å². The first-order valence-corrected chi connectivity index (χ1v) is 9.01. The van der Waals surface area contributed by atoms with Gasteiger partial charge in [-0.25, -0.2) is 4.57 Å². The van der Waals surface area contributed by atoms with E-state index in [2.05, 4.69) is 4.52 Å². The van der Waals surface area contributed by atoms with Crippen molar-refractivity contribution in [2.45, 2.75) is 19.4 Å². The topological polar surface area (TPSA) is 85.2 Å². The SMILES string of the molecule is COC(C)CCOc1ccc(-c2ccc(OP(=O)(O)O)cc2)cc1. The molecule has 0 fully saturated rings. The molecule has 2 aromatic rings. The fourth-order valence-corrected chi connectivity index (χ4v) is 2.45. The van der Waals surface area contributed by atoms with Gasteiger partial charge < -0.3 is 14.0 Å². The van der Waals surface area contributed by atoms with Gasteiger partial charge >= 0.3 is 7.82 Å². The maximum absolute atomic E-state index is 10.8. The van der Waals surface area contributed by atoms with E-state index in [9.17, 15) is 4.57 Å². The average Bonchev–Trinajstić information content (AvgIpc) is 2.54. The summed E-state index contributed by atoms with van der Waals surface area (Å²) in [5.41, 5.74) is 1.88. The number of ether oxygens (including phenoxy) is 2. The first-order chi connectivity index (χ1) is 11.4. The third kappa shape index (κ3) is 5.98. The highest BCUT2D eigenvalue weighted by Crippen LogP contribution is 2.38. The summed E-state index contributed by atoms with van der Waals surface area (Å²) >= 11 is 0. The quantitative estimate of drug-likeness (QED) is 0.706. The van der Waals surface area contributed by atoms with Crippen molar-refractivity contribution in [3.05, 3.63) is 48.5 Å². The van der Waals surface area contributed by atoms with Gasteiger partial charge in [-0.3, -0.25) is 9.79 Å². The molecule has 0 aromatic heterocycles. The summed E-state index contributed by atoms with van der Waals surface area (Å²) < 4.78 is 26.1. The summed E-state index contributed by atoms with van der Waals surface area (Å²) in [5, 5.41) is 0. The monoisotopic (exact) mass is 352 g/mol. The van der Waals surface area contributed by atoms with Gasteiger partial charge in [-0.05, 0) is 42.3 Å². The highest BCUT2D eigenvalue weighted by molar-refractivity contribution is 7.46. The third-order valence-corrected chi connectivity index (χ3v) is 3.91. The number of methoxy groups -OCH3 is 1. The smallest absolute Gasteiger partial charge is 0.493 e. The Labute approximate surface area is 141 Å². The lowest BCUT2D eigenvalue weighted by molar-refractivity contribution is 0.0956. The zero-order chi connectivity index (χ0) is 17.6. The summed E-state index contributed by atoms with van der Waals surface area (Å²) in [7, 11) is -2.85. The first kappa shape index (κ1) is 18.5. The van der Waals surface area contributed by atoms with Crippen LogP contribution in [-0.2, 0) is 9.30 Å². The second-order valence-corrected chi connectivity index (χ2v) is 6.48. The third-order valence-electron chi connectivity index (χ3n) is 3.46. The van der Waals surface area contributed by atoms with Crippen LogP contribution in [0.4, 0.5) is 0 Å². The van der Waals surface area contributed by atoms with Gasteiger partial charge in [-0.15, -0.1) is 0 Å². The normalized spacial score (nSPS) is 12.7. The van der Waals surface area contributed by atoms with E-state index in [0.29, 0.717) is 6.61 Å². The van der Waals surface area contributed by atoms with E-state index in [0.717, 1.165) is 23.3 Å². The van der Waals surface area contributed by atoms with Crippen LogP contribution in [0.5, 0.6) is 11.5 Å². The second kappa shape index (κ2) is 8.31. The van der Waals surface area contributed by atoms with Crippen LogP contribution in [-0.4, -0.2) is 29.6 Å². The summed E-state index contributed by atoms with van der Waals surface area (Å²) in [4.78, 5) is 17.6. The van der Waals surface area contributed by atoms with Crippen molar-refractivity contribution in [3.63, 3.8) is 0 Å². The average molecular weight is 352 g/mol. The molecule has 0 aliphatic carbocycles. The Kier molecular flexibility index (Phi) is 6.40. The highest BCUT2D eigenvalue weighted by Gasteiger charge is 2.15. The molecule has 0 aliphatic heterocycles. The van der Waals surface area contributed by atoms with Crippen LogP contribution >= 0.6 is 7.82 Å². The van der Waals surface area contributed by atoms with E-state index in [4.69, 9.17) is 19.3 Å². The Hall–Kier alpha value is -1.85. The molecule has 2 rings (SSSR count). The number of rotatable bonds is 8. The lowest BCUT2D eigenvalue weighted by Crippen LogP contribution is -2.10. The Bertz CT molecular complexity index is 677. The number of phosphoric acid groups is 1. The maximum atomic E-state index is 10.8. The van der Waals surface area contributed by atoms with Crippen LogP contribution in [0.2, 0.25) is 0 Å². The van der Waals surface area contributed by atoms with Crippen LogP contribution in [0.3, 0.4) is 0 Å². The molecule has 2 N–H and O–H groups in total. The predicted octanol–water partition coefficient (Wildman–Crippen LogP) is 3.63. The van der Waals surface area contributed by atoms with Gasteiger partial charge in [0.2, 0.25) is 0 Å². The molecular formula is C17H21O6P. The number of hydrogen-bond donors (Lipinski definition) is 2. The Morgan fingerprint density at radius 3 is 1.92 bits per heavy atom. The molecular weight excluding hydrogens is 331 g/mol. The molecule has 1 atom stereocenters. The first-order valence-electron chi connectivity index (χ1n) is 7.48. The van der Waals surface area contributed by atoms with Gasteiger partial charge in [-0.1, -0.05) is 24.3 Å². The molecule has 130 valence electrons. The standard InChI is InChI=1S/C17H21O6P/c1-13(21-2)11-12-22-16-7-3-14(4-8-16)15-5-9-17(10-6-15)23-24(18,19)20/h3-10,13H,11-12H2,1-2H3,(H2,18,19,20). The molecule has 0 saturated heterocycles. The minimum atomic E-state index is -4.53. The summed E-state index contributed by atoms with van der Waals surface area (Å²) in [5.74, 6) is 0.905. The minimum absolute atomic E-state index is 0.124. The Balaban J connectivity index is 1.96. The van der Waals surface area contributed by atoms with Gasteiger partial charge in [0.15, 0.2) is 0 Å². The van der Waals surface area contributed by atoms with Crippen molar-refractivity contribution >= 4 is 7.82 Å². The van der Waals surface area contributed by atoms with Crippen LogP contribution < -0.4 is 9.26 Å². The Morgan fingerprint density at radius 2 is 1.46 bits per heavy atom. The van der Waals surface area contributed by atoms with E-state index in [-0.39, 0.29) is 11.9 Å². The molecule has 0 radical (unpaired) electrons. The number of benzene rings is 2. The minimum Gasteiger partial charge on any atom is -0.493 e. The van der Waals surface area contributed by atoms with Crippen LogP contribution in [0.15, 0.2) is 48.5 Å². The van der Waals surface area contributed by atoms with Crippen molar-refractivity contribution in [1.82, 2.24) is 0 Å². The zero-order valence-electron chi connectivity index (χ0n) is 13.6. The maximum Gasteiger partial charge on any atom is 0.524 e. The molecule has 7 heteroatoms. The van der Waals surface area contributed by atoms with E-state index >= 15 is 0 Å². The molecule has 0 bridgehead atoms. The zero-order valence-corrected chi connectivity index (χ0v) is 14.5. The lowest BCUT2D eigenvalue weighted by Gasteiger charge is -2.11. The van der Waals surface area contributed by atoms with Gasteiger partial charge in [0.1, 0.15) is 11.5 Å². The lowest BCUT2D eigenvalue weighted by atomic mass is 10.1. The van der Waals surface area contributed by atoms with E-state index in [1.165, 1.54) is 12.1 Å². The number of hydrogen-bond acceptors (Lipinski definition) is 4. The second-order valence-electron chi connectivity index (χ2n) is 5.31. The van der Waals surface area contributed by atoms with Crippen molar-refractivity contribution in [1.29, 1.82) is 0 Å². The fourth-order valence-electron chi connectivity index (χ4n) is 2.05. The fraction of sp³-hybridized carbons (Fsp3) is 0.294. The van der Waals surface area contributed by atoms with Crippen molar-refractivity contribution in [3.8, 4) is 22.6 Å². The van der Waals surface area contributed by atoms with Crippen LogP contribution in [0, 0.1) is 0 Å². The van der Waals surface area contributed by atoms with Gasteiger partial charge in [0, 0.05) is 13.5 Å². The molecule has 1 unspecified atom stereocenters. The van der Waals surface area contributed by atoms with Crippen molar-refractivity contribution in [2.24, 2.45) is 0 Å². The van der Waals surface area contributed by atoms with Gasteiger partial charge in [0.25, 0.3) is 0 Å². The molecule has 2 aromatic carbocycles. The van der Waals surface area contributed by atoms with Crippen LogP contribution in [0.25, 0.3) is 11.1 Å². The predicted molar refractivity (Wildman–Crippen MR) is 91.1 cm³/mol.